The SMILES string of the molecule is CC(c1cnsc1C(C)(C)C)C(C)(C)C. The van der Waals surface area contributed by atoms with Gasteiger partial charge in [0.2, 0.25) is 0 Å². The van der Waals surface area contributed by atoms with E-state index in [4.69, 9.17) is 0 Å². The lowest BCUT2D eigenvalue weighted by Gasteiger charge is -2.29. The van der Waals surface area contributed by atoms with Gasteiger partial charge in [0.05, 0.1) is 0 Å². The van der Waals surface area contributed by atoms with E-state index in [-0.39, 0.29) is 5.41 Å². The van der Waals surface area contributed by atoms with Crippen LogP contribution in [-0.2, 0) is 5.41 Å². The largest absolute Gasteiger partial charge is 0.201 e. The second-order valence-electron chi connectivity index (χ2n) is 6.45. The van der Waals surface area contributed by atoms with Gasteiger partial charge in [0.25, 0.3) is 0 Å². The fourth-order valence-electron chi connectivity index (χ4n) is 1.59. The van der Waals surface area contributed by atoms with E-state index in [1.807, 2.05) is 0 Å². The van der Waals surface area contributed by atoms with Gasteiger partial charge in [-0.2, -0.15) is 0 Å². The molecule has 0 aliphatic carbocycles. The Labute approximate surface area is 98.1 Å². The molecule has 0 bridgehead atoms. The molecule has 1 rings (SSSR count). The minimum absolute atomic E-state index is 0.218. The minimum Gasteiger partial charge on any atom is -0.201 e. The normalized spacial score (nSPS) is 15.4. The summed E-state index contributed by atoms with van der Waals surface area (Å²) in [6.45, 7) is 16.0. The molecule has 1 aromatic rings. The first-order chi connectivity index (χ1) is 6.64. The average molecular weight is 225 g/mol. The molecule has 0 aliphatic rings. The van der Waals surface area contributed by atoms with E-state index >= 15 is 0 Å². The fourth-order valence-corrected chi connectivity index (χ4v) is 2.47. The highest BCUT2D eigenvalue weighted by Crippen LogP contribution is 2.40. The van der Waals surface area contributed by atoms with Crippen molar-refractivity contribution in [1.82, 2.24) is 4.37 Å². The second kappa shape index (κ2) is 3.89. The Balaban J connectivity index is 3.12. The molecule has 0 fully saturated rings. The van der Waals surface area contributed by atoms with Crippen LogP contribution in [0.25, 0.3) is 0 Å². The van der Waals surface area contributed by atoms with Gasteiger partial charge in [-0.3, -0.25) is 0 Å². The van der Waals surface area contributed by atoms with Gasteiger partial charge in [0.15, 0.2) is 0 Å². The third-order valence-electron chi connectivity index (χ3n) is 3.04. The summed E-state index contributed by atoms with van der Waals surface area (Å²) in [6, 6.07) is 0. The minimum atomic E-state index is 0.218. The van der Waals surface area contributed by atoms with Crippen LogP contribution in [0.4, 0.5) is 0 Å². The summed E-state index contributed by atoms with van der Waals surface area (Å²) in [4.78, 5) is 1.44. The maximum Gasteiger partial charge on any atom is 0.0444 e. The van der Waals surface area contributed by atoms with E-state index < -0.39 is 0 Å². The van der Waals surface area contributed by atoms with Crippen LogP contribution in [-0.4, -0.2) is 4.37 Å². The van der Waals surface area contributed by atoms with Crippen LogP contribution in [0.15, 0.2) is 6.20 Å². The summed E-state index contributed by atoms with van der Waals surface area (Å²) in [5.41, 5.74) is 1.96. The van der Waals surface area contributed by atoms with E-state index in [9.17, 15) is 0 Å². The van der Waals surface area contributed by atoms with E-state index in [1.54, 1.807) is 11.5 Å². The van der Waals surface area contributed by atoms with Gasteiger partial charge in [0.1, 0.15) is 0 Å². The summed E-state index contributed by atoms with van der Waals surface area (Å²) in [7, 11) is 0. The van der Waals surface area contributed by atoms with Gasteiger partial charge in [-0.15, -0.1) is 0 Å². The molecule has 0 radical (unpaired) electrons. The molecule has 0 saturated carbocycles. The van der Waals surface area contributed by atoms with E-state index in [0.29, 0.717) is 11.3 Å². The lowest BCUT2D eigenvalue weighted by atomic mass is 9.76. The molecule has 0 aliphatic heterocycles. The molecular formula is C13H23NS. The number of hydrogen-bond donors (Lipinski definition) is 0. The maximum atomic E-state index is 4.36. The first-order valence-corrected chi connectivity index (χ1v) is 6.36. The molecule has 1 unspecified atom stereocenters. The van der Waals surface area contributed by atoms with Gasteiger partial charge in [-0.25, -0.2) is 4.37 Å². The molecule has 1 atom stereocenters. The van der Waals surface area contributed by atoms with Crippen LogP contribution in [0.1, 0.15) is 64.8 Å². The van der Waals surface area contributed by atoms with Gasteiger partial charge in [-0.1, -0.05) is 48.5 Å². The Morgan fingerprint density at radius 1 is 1.13 bits per heavy atom. The lowest BCUT2D eigenvalue weighted by Crippen LogP contribution is -2.19. The molecule has 0 spiro atoms. The molecule has 0 saturated heterocycles. The molecule has 15 heavy (non-hydrogen) atoms. The molecule has 86 valence electrons. The van der Waals surface area contributed by atoms with Crippen molar-refractivity contribution in [2.45, 2.75) is 59.8 Å². The smallest absolute Gasteiger partial charge is 0.0444 e. The Morgan fingerprint density at radius 2 is 1.67 bits per heavy atom. The third-order valence-corrected chi connectivity index (χ3v) is 4.29. The molecular weight excluding hydrogens is 202 g/mol. The molecule has 0 aromatic carbocycles. The second-order valence-corrected chi connectivity index (χ2v) is 7.25. The van der Waals surface area contributed by atoms with E-state index in [0.717, 1.165) is 0 Å². The first-order valence-electron chi connectivity index (χ1n) is 5.59. The van der Waals surface area contributed by atoms with Crippen LogP contribution in [0.3, 0.4) is 0 Å². The Bertz CT molecular complexity index is 325. The van der Waals surface area contributed by atoms with Crippen molar-refractivity contribution in [1.29, 1.82) is 0 Å². The summed E-state index contributed by atoms with van der Waals surface area (Å²) in [6.07, 6.45) is 2.06. The summed E-state index contributed by atoms with van der Waals surface area (Å²) in [5.74, 6) is 0.561. The average Bonchev–Trinajstić information content (AvgIpc) is 2.47. The van der Waals surface area contributed by atoms with Gasteiger partial charge >= 0.3 is 0 Å². The molecule has 1 aromatic heterocycles. The highest BCUT2D eigenvalue weighted by Gasteiger charge is 2.29. The summed E-state index contributed by atoms with van der Waals surface area (Å²) >= 11 is 1.65. The van der Waals surface area contributed by atoms with Crippen LogP contribution in [0.5, 0.6) is 0 Å². The topological polar surface area (TPSA) is 12.9 Å². The Hall–Kier alpha value is -0.370. The van der Waals surface area contributed by atoms with Crippen LogP contribution in [0.2, 0.25) is 0 Å². The molecule has 0 amide bonds. The van der Waals surface area contributed by atoms with Gasteiger partial charge < -0.3 is 0 Å². The molecule has 1 heterocycles. The fraction of sp³-hybridized carbons (Fsp3) is 0.769. The van der Waals surface area contributed by atoms with Crippen molar-refractivity contribution in [3.63, 3.8) is 0 Å². The number of nitrogens with zero attached hydrogens (tertiary/aromatic N) is 1. The van der Waals surface area contributed by atoms with Crippen molar-refractivity contribution in [3.05, 3.63) is 16.6 Å². The number of aromatic nitrogens is 1. The summed E-state index contributed by atoms with van der Waals surface area (Å²) in [5, 5.41) is 0. The predicted molar refractivity (Wildman–Crippen MR) is 68.7 cm³/mol. The lowest BCUT2D eigenvalue weighted by molar-refractivity contribution is 0.336. The van der Waals surface area contributed by atoms with E-state index in [2.05, 4.69) is 59.0 Å². The molecule has 0 N–H and O–H groups in total. The van der Waals surface area contributed by atoms with Gasteiger partial charge in [-0.05, 0) is 33.8 Å². The van der Waals surface area contributed by atoms with Crippen molar-refractivity contribution < 1.29 is 0 Å². The zero-order chi connectivity index (χ0) is 11.9. The van der Waals surface area contributed by atoms with Crippen molar-refractivity contribution in [2.24, 2.45) is 5.41 Å². The van der Waals surface area contributed by atoms with Gasteiger partial charge in [0, 0.05) is 11.1 Å². The predicted octanol–water partition coefficient (Wildman–Crippen LogP) is 4.59. The number of hydrogen-bond acceptors (Lipinski definition) is 2. The number of rotatable bonds is 1. The molecule has 1 nitrogen and oxygen atoms in total. The van der Waals surface area contributed by atoms with Crippen LogP contribution >= 0.6 is 11.5 Å². The zero-order valence-electron chi connectivity index (χ0n) is 11.0. The van der Waals surface area contributed by atoms with Crippen molar-refractivity contribution in [2.75, 3.05) is 0 Å². The maximum absolute atomic E-state index is 4.36. The highest BCUT2D eigenvalue weighted by atomic mass is 32.1. The highest BCUT2D eigenvalue weighted by molar-refractivity contribution is 7.06. The Kier molecular flexibility index (Phi) is 3.30. The standard InChI is InChI=1S/C13H23NS/c1-9(12(2,3)4)10-8-14-15-11(10)13(5,6)7/h8-9H,1-7H3. The first kappa shape index (κ1) is 12.7. The van der Waals surface area contributed by atoms with E-state index in [1.165, 1.54) is 10.4 Å². The quantitative estimate of drug-likeness (QED) is 0.681. The van der Waals surface area contributed by atoms with Crippen LogP contribution < -0.4 is 0 Å². The monoisotopic (exact) mass is 225 g/mol. The summed E-state index contributed by atoms with van der Waals surface area (Å²) < 4.78 is 4.36. The van der Waals surface area contributed by atoms with Crippen LogP contribution in [0, 0.1) is 5.41 Å². The zero-order valence-corrected chi connectivity index (χ0v) is 11.8. The Morgan fingerprint density at radius 3 is 2.07 bits per heavy atom. The third kappa shape index (κ3) is 2.81. The van der Waals surface area contributed by atoms with Crippen molar-refractivity contribution in [3.8, 4) is 0 Å². The molecule has 2 heteroatoms. The van der Waals surface area contributed by atoms with Crippen molar-refractivity contribution >= 4 is 11.5 Å².